The number of rotatable bonds is 3. The summed E-state index contributed by atoms with van der Waals surface area (Å²) in [7, 11) is 1.40. The predicted molar refractivity (Wildman–Crippen MR) is 78.8 cm³/mol. The molecule has 112 valence electrons. The Hall–Kier alpha value is -2.82. The van der Waals surface area contributed by atoms with Gasteiger partial charge in [-0.1, -0.05) is 30.3 Å². The summed E-state index contributed by atoms with van der Waals surface area (Å²) >= 11 is 0. The summed E-state index contributed by atoms with van der Waals surface area (Å²) in [6.45, 7) is 0. The largest absolute Gasteiger partial charge is 0.507 e. The maximum Gasteiger partial charge on any atom is 0.174 e. The van der Waals surface area contributed by atoms with Gasteiger partial charge in [0, 0.05) is 6.07 Å². The molecule has 2 aromatic rings. The number of ether oxygens (including phenoxy) is 2. The first-order chi connectivity index (χ1) is 10.7. The van der Waals surface area contributed by atoms with Crippen LogP contribution in [0.15, 0.2) is 36.4 Å². The molecule has 0 saturated heterocycles. The maximum absolute atomic E-state index is 12.5. The highest BCUT2D eigenvalue weighted by Crippen LogP contribution is 2.44. The van der Waals surface area contributed by atoms with Crippen LogP contribution in [0, 0.1) is 0 Å². The minimum atomic E-state index is -0.494. The maximum atomic E-state index is 12.5. The molecule has 5 nitrogen and oxygen atoms in total. The monoisotopic (exact) mass is 298 g/mol. The fourth-order valence-electron chi connectivity index (χ4n) is 2.61. The molecule has 0 fully saturated rings. The molecule has 0 amide bonds. The van der Waals surface area contributed by atoms with Gasteiger partial charge in [-0.3, -0.25) is 9.59 Å². The van der Waals surface area contributed by atoms with Crippen LogP contribution in [-0.4, -0.2) is 24.3 Å². The second kappa shape index (κ2) is 5.52. The molecule has 1 atom stereocenters. The Morgan fingerprint density at radius 1 is 1.32 bits per heavy atom. The van der Waals surface area contributed by atoms with Gasteiger partial charge in [0.15, 0.2) is 12.1 Å². The number of hydrogen-bond acceptors (Lipinski definition) is 5. The van der Waals surface area contributed by atoms with Crippen molar-refractivity contribution >= 4 is 12.1 Å². The van der Waals surface area contributed by atoms with Gasteiger partial charge in [-0.25, -0.2) is 0 Å². The van der Waals surface area contributed by atoms with E-state index in [1.807, 2.05) is 30.3 Å². The molecule has 1 unspecified atom stereocenters. The molecule has 1 heterocycles. The number of benzene rings is 2. The van der Waals surface area contributed by atoms with E-state index in [1.165, 1.54) is 13.2 Å². The average molecular weight is 298 g/mol. The van der Waals surface area contributed by atoms with Crippen molar-refractivity contribution in [2.45, 2.75) is 12.5 Å². The van der Waals surface area contributed by atoms with Crippen molar-refractivity contribution in [1.29, 1.82) is 0 Å². The van der Waals surface area contributed by atoms with Crippen molar-refractivity contribution in [1.82, 2.24) is 0 Å². The number of methoxy groups -OCH3 is 1. The van der Waals surface area contributed by atoms with Gasteiger partial charge in [0.1, 0.15) is 28.9 Å². The Morgan fingerprint density at radius 3 is 2.68 bits per heavy atom. The standard InChI is InChI=1S/C17H14O5/c1-21-15-7-12(19)11(9-18)17-16(15)13(20)8-14(22-17)10-5-3-2-4-6-10/h2-7,9,14,19H,8H2,1H3. The van der Waals surface area contributed by atoms with E-state index >= 15 is 0 Å². The Morgan fingerprint density at radius 2 is 2.05 bits per heavy atom. The van der Waals surface area contributed by atoms with Crippen molar-refractivity contribution in [3.63, 3.8) is 0 Å². The molecular weight excluding hydrogens is 284 g/mol. The van der Waals surface area contributed by atoms with Gasteiger partial charge in [0.2, 0.25) is 0 Å². The van der Waals surface area contributed by atoms with E-state index in [0.29, 0.717) is 6.29 Å². The molecule has 0 bridgehead atoms. The van der Waals surface area contributed by atoms with Crippen molar-refractivity contribution in [3.8, 4) is 17.2 Å². The zero-order valence-electron chi connectivity index (χ0n) is 11.9. The lowest BCUT2D eigenvalue weighted by atomic mass is 9.93. The lowest BCUT2D eigenvalue weighted by Crippen LogP contribution is -2.22. The number of carbonyl (C=O) groups is 2. The Balaban J connectivity index is 2.14. The number of ketones is 1. The zero-order valence-corrected chi connectivity index (χ0v) is 11.9. The van der Waals surface area contributed by atoms with Crippen LogP contribution in [0.2, 0.25) is 0 Å². The molecule has 0 aromatic heterocycles. The summed E-state index contributed by atoms with van der Waals surface area (Å²) in [5.74, 6) is -0.172. The number of aromatic hydroxyl groups is 1. The number of hydrogen-bond donors (Lipinski definition) is 1. The molecule has 3 rings (SSSR count). The number of carbonyl (C=O) groups excluding carboxylic acids is 2. The lowest BCUT2D eigenvalue weighted by Gasteiger charge is -2.27. The van der Waals surface area contributed by atoms with E-state index in [1.54, 1.807) is 0 Å². The Kier molecular flexibility index (Phi) is 3.55. The van der Waals surface area contributed by atoms with Gasteiger partial charge in [0.25, 0.3) is 0 Å². The van der Waals surface area contributed by atoms with Crippen LogP contribution in [0.5, 0.6) is 17.2 Å². The quantitative estimate of drug-likeness (QED) is 0.882. The number of fused-ring (bicyclic) bond motifs is 1. The molecule has 1 N–H and O–H groups in total. The summed E-state index contributed by atoms with van der Waals surface area (Å²) in [4.78, 5) is 23.7. The van der Waals surface area contributed by atoms with E-state index in [4.69, 9.17) is 9.47 Å². The molecule has 1 aliphatic rings. The first kappa shape index (κ1) is 14.1. The average Bonchev–Trinajstić information content (AvgIpc) is 2.54. The molecule has 0 aliphatic carbocycles. The molecular formula is C17H14O5. The highest BCUT2D eigenvalue weighted by atomic mass is 16.5. The SMILES string of the molecule is COc1cc(O)c(C=O)c2c1C(=O)CC(c1ccccc1)O2. The molecule has 5 heteroatoms. The van der Waals surface area contributed by atoms with Gasteiger partial charge in [-0.15, -0.1) is 0 Å². The van der Waals surface area contributed by atoms with Crippen LogP contribution in [0.3, 0.4) is 0 Å². The van der Waals surface area contributed by atoms with Crippen LogP contribution in [0.25, 0.3) is 0 Å². The molecule has 2 aromatic carbocycles. The lowest BCUT2D eigenvalue weighted by molar-refractivity contribution is 0.0841. The molecule has 0 spiro atoms. The van der Waals surface area contributed by atoms with Crippen molar-refractivity contribution in [2.24, 2.45) is 0 Å². The van der Waals surface area contributed by atoms with Crippen molar-refractivity contribution in [2.75, 3.05) is 7.11 Å². The van der Waals surface area contributed by atoms with Gasteiger partial charge >= 0.3 is 0 Å². The van der Waals surface area contributed by atoms with E-state index in [-0.39, 0.29) is 40.6 Å². The van der Waals surface area contributed by atoms with Crippen LogP contribution >= 0.6 is 0 Å². The van der Waals surface area contributed by atoms with Crippen LogP contribution < -0.4 is 9.47 Å². The van der Waals surface area contributed by atoms with Crippen molar-refractivity contribution < 1.29 is 24.2 Å². The van der Waals surface area contributed by atoms with Crippen molar-refractivity contribution in [3.05, 3.63) is 53.1 Å². The summed E-state index contributed by atoms with van der Waals surface area (Å²) in [5.41, 5.74) is 1.00. The summed E-state index contributed by atoms with van der Waals surface area (Å²) in [5, 5.41) is 9.92. The number of Topliss-reactive ketones (excluding diaryl/α,β-unsaturated/α-hetero) is 1. The number of aldehydes is 1. The van der Waals surface area contributed by atoms with E-state index in [9.17, 15) is 14.7 Å². The Bertz CT molecular complexity index is 736. The highest BCUT2D eigenvalue weighted by Gasteiger charge is 2.33. The highest BCUT2D eigenvalue weighted by molar-refractivity contribution is 6.05. The predicted octanol–water partition coefficient (Wildman–Crippen LogP) is 2.92. The third-order valence-electron chi connectivity index (χ3n) is 3.68. The second-order valence-electron chi connectivity index (χ2n) is 4.98. The molecule has 0 saturated carbocycles. The van der Waals surface area contributed by atoms with Crippen LogP contribution in [0.1, 0.15) is 38.8 Å². The first-order valence-corrected chi connectivity index (χ1v) is 6.79. The van der Waals surface area contributed by atoms with Gasteiger partial charge in [-0.05, 0) is 5.56 Å². The van der Waals surface area contributed by atoms with Crippen LogP contribution in [-0.2, 0) is 0 Å². The fraction of sp³-hybridized carbons (Fsp3) is 0.176. The smallest absolute Gasteiger partial charge is 0.174 e. The molecule has 1 aliphatic heterocycles. The normalized spacial score (nSPS) is 16.6. The second-order valence-corrected chi connectivity index (χ2v) is 4.98. The summed E-state index contributed by atoms with van der Waals surface area (Å²) < 4.78 is 11.0. The summed E-state index contributed by atoms with van der Waals surface area (Å²) in [6, 6.07) is 10.5. The Labute approximate surface area is 127 Å². The zero-order chi connectivity index (χ0) is 15.7. The minimum absolute atomic E-state index is 0.0372. The molecule has 22 heavy (non-hydrogen) atoms. The first-order valence-electron chi connectivity index (χ1n) is 6.79. The van der Waals surface area contributed by atoms with Gasteiger partial charge in [0.05, 0.1) is 19.1 Å². The molecule has 0 radical (unpaired) electrons. The number of phenols is 1. The third-order valence-corrected chi connectivity index (χ3v) is 3.68. The van der Waals surface area contributed by atoms with Crippen LogP contribution in [0.4, 0.5) is 0 Å². The fourth-order valence-corrected chi connectivity index (χ4v) is 2.61. The summed E-state index contributed by atoms with van der Waals surface area (Å²) in [6.07, 6.45) is 0.136. The van der Waals surface area contributed by atoms with E-state index in [0.717, 1.165) is 5.56 Å². The van der Waals surface area contributed by atoms with Gasteiger partial charge < -0.3 is 14.6 Å². The third kappa shape index (κ3) is 2.20. The van der Waals surface area contributed by atoms with E-state index in [2.05, 4.69) is 0 Å². The topological polar surface area (TPSA) is 72.8 Å². The minimum Gasteiger partial charge on any atom is -0.507 e. The van der Waals surface area contributed by atoms with E-state index < -0.39 is 6.10 Å². The van der Waals surface area contributed by atoms with Gasteiger partial charge in [-0.2, -0.15) is 0 Å². The number of phenolic OH excluding ortho intramolecular Hbond substituents is 1.